The van der Waals surface area contributed by atoms with Gasteiger partial charge in [0.05, 0.1) is 11.7 Å². The summed E-state index contributed by atoms with van der Waals surface area (Å²) in [5.74, 6) is 0. The molecule has 4 heteroatoms. The number of nitrogens with one attached hydrogen (secondary N) is 1. The lowest BCUT2D eigenvalue weighted by atomic mass is 10.1. The Bertz CT molecular complexity index is 905. The molecular weight excluding hydrogens is 260 g/mol. The van der Waals surface area contributed by atoms with Gasteiger partial charge in [-0.15, -0.1) is 0 Å². The minimum atomic E-state index is 0.738. The number of anilines is 1. The Labute approximate surface area is 122 Å². The first-order valence-electron chi connectivity index (χ1n) is 6.90. The summed E-state index contributed by atoms with van der Waals surface area (Å²) in [6.07, 6.45) is 7.58. The van der Waals surface area contributed by atoms with Crippen LogP contribution in [0.25, 0.3) is 16.3 Å². The first kappa shape index (κ1) is 11.9. The molecule has 0 radical (unpaired) electrons. The van der Waals surface area contributed by atoms with Crippen LogP contribution in [0.1, 0.15) is 5.56 Å². The molecule has 21 heavy (non-hydrogen) atoms. The van der Waals surface area contributed by atoms with Gasteiger partial charge in [-0.2, -0.15) is 5.10 Å². The highest BCUT2D eigenvalue weighted by atomic mass is 15.2. The number of pyridine rings is 2. The molecule has 4 nitrogen and oxygen atoms in total. The fourth-order valence-corrected chi connectivity index (χ4v) is 2.58. The fraction of sp³-hybridized carbons (Fsp3) is 0.0588. The van der Waals surface area contributed by atoms with Gasteiger partial charge in [-0.3, -0.25) is 4.98 Å². The Balaban J connectivity index is 1.67. The van der Waals surface area contributed by atoms with E-state index in [1.165, 1.54) is 10.9 Å². The van der Waals surface area contributed by atoms with Crippen LogP contribution in [-0.2, 0) is 6.54 Å². The van der Waals surface area contributed by atoms with Gasteiger partial charge in [-0.05, 0) is 29.7 Å². The number of aromatic nitrogens is 3. The van der Waals surface area contributed by atoms with Crippen molar-refractivity contribution < 1.29 is 0 Å². The molecule has 4 rings (SSSR count). The largest absolute Gasteiger partial charge is 0.380 e. The maximum atomic E-state index is 4.36. The average molecular weight is 274 g/mol. The normalized spacial score (nSPS) is 11.0. The lowest BCUT2D eigenvalue weighted by Gasteiger charge is -2.08. The summed E-state index contributed by atoms with van der Waals surface area (Å²) in [6.45, 7) is 0.738. The maximum Gasteiger partial charge on any atom is 0.0711 e. The molecule has 1 N–H and O–H groups in total. The summed E-state index contributed by atoms with van der Waals surface area (Å²) in [6, 6.07) is 14.3. The van der Waals surface area contributed by atoms with Crippen LogP contribution in [0, 0.1) is 0 Å². The third kappa shape index (κ3) is 2.10. The molecule has 0 saturated carbocycles. The summed E-state index contributed by atoms with van der Waals surface area (Å²) in [5.41, 5.74) is 3.40. The SMILES string of the molecule is c1cc(NCc2cnn3ccccc23)c2cnccc2c1. The van der Waals surface area contributed by atoms with Crippen LogP contribution >= 0.6 is 0 Å². The van der Waals surface area contributed by atoms with Crippen molar-refractivity contribution in [1.29, 1.82) is 0 Å². The zero-order chi connectivity index (χ0) is 14.1. The van der Waals surface area contributed by atoms with Crippen molar-refractivity contribution in [1.82, 2.24) is 14.6 Å². The van der Waals surface area contributed by atoms with Gasteiger partial charge < -0.3 is 5.32 Å². The molecule has 0 fully saturated rings. The van der Waals surface area contributed by atoms with E-state index in [-0.39, 0.29) is 0 Å². The van der Waals surface area contributed by atoms with E-state index in [9.17, 15) is 0 Å². The molecule has 0 unspecified atom stereocenters. The number of fused-ring (bicyclic) bond motifs is 2. The predicted molar refractivity (Wildman–Crippen MR) is 84.3 cm³/mol. The fourth-order valence-electron chi connectivity index (χ4n) is 2.58. The van der Waals surface area contributed by atoms with E-state index in [2.05, 4.69) is 39.7 Å². The van der Waals surface area contributed by atoms with Crippen LogP contribution in [-0.4, -0.2) is 14.6 Å². The van der Waals surface area contributed by atoms with Crippen LogP contribution in [0.4, 0.5) is 5.69 Å². The smallest absolute Gasteiger partial charge is 0.0711 e. The zero-order valence-electron chi connectivity index (χ0n) is 11.4. The molecule has 4 aromatic rings. The minimum absolute atomic E-state index is 0.738. The molecule has 0 spiro atoms. The van der Waals surface area contributed by atoms with Crippen LogP contribution in [0.3, 0.4) is 0 Å². The molecule has 102 valence electrons. The number of benzene rings is 1. The lowest BCUT2D eigenvalue weighted by molar-refractivity contribution is 0.961. The molecule has 0 amide bonds. The van der Waals surface area contributed by atoms with Gasteiger partial charge in [0.2, 0.25) is 0 Å². The van der Waals surface area contributed by atoms with Gasteiger partial charge in [0, 0.05) is 41.8 Å². The highest BCUT2D eigenvalue weighted by Gasteiger charge is 2.04. The second-order valence-electron chi connectivity index (χ2n) is 4.96. The van der Waals surface area contributed by atoms with Gasteiger partial charge in [-0.25, -0.2) is 4.52 Å². The number of rotatable bonds is 3. The second-order valence-corrected chi connectivity index (χ2v) is 4.96. The van der Waals surface area contributed by atoms with E-state index < -0.39 is 0 Å². The summed E-state index contributed by atoms with van der Waals surface area (Å²) < 4.78 is 1.89. The Morgan fingerprint density at radius 3 is 3.00 bits per heavy atom. The van der Waals surface area contributed by atoms with Crippen molar-refractivity contribution in [2.45, 2.75) is 6.54 Å². The third-order valence-corrected chi connectivity index (χ3v) is 3.66. The van der Waals surface area contributed by atoms with Crippen molar-refractivity contribution in [2.75, 3.05) is 5.32 Å². The summed E-state index contributed by atoms with van der Waals surface area (Å²) in [5, 5.41) is 10.2. The number of hydrogen-bond donors (Lipinski definition) is 1. The molecular formula is C17H14N4. The first-order chi connectivity index (χ1) is 10.4. The van der Waals surface area contributed by atoms with E-state index in [0.29, 0.717) is 0 Å². The van der Waals surface area contributed by atoms with Crippen molar-refractivity contribution in [3.8, 4) is 0 Å². The molecule has 0 aliphatic rings. The average Bonchev–Trinajstić information content (AvgIpc) is 2.96. The quantitative estimate of drug-likeness (QED) is 0.622. The van der Waals surface area contributed by atoms with Gasteiger partial charge in [0.1, 0.15) is 0 Å². The minimum Gasteiger partial charge on any atom is -0.380 e. The molecule has 0 atom stereocenters. The molecule has 1 aromatic carbocycles. The van der Waals surface area contributed by atoms with E-state index >= 15 is 0 Å². The van der Waals surface area contributed by atoms with Crippen molar-refractivity contribution >= 4 is 22.0 Å². The molecule has 0 aliphatic heterocycles. The number of hydrogen-bond acceptors (Lipinski definition) is 3. The van der Waals surface area contributed by atoms with Gasteiger partial charge in [-0.1, -0.05) is 18.2 Å². The first-order valence-corrected chi connectivity index (χ1v) is 6.90. The van der Waals surface area contributed by atoms with Crippen LogP contribution in [0.2, 0.25) is 0 Å². The molecule has 3 aromatic heterocycles. The standard InChI is InChI=1S/C17H14N4/c1-2-9-21-17(6-1)14(11-20-21)10-19-16-5-3-4-13-7-8-18-12-15(13)16/h1-9,11-12,19H,10H2. The van der Waals surface area contributed by atoms with Crippen molar-refractivity contribution in [3.05, 3.63) is 72.8 Å². The Kier molecular flexibility index (Phi) is 2.78. The molecule has 0 bridgehead atoms. The predicted octanol–water partition coefficient (Wildman–Crippen LogP) is 3.49. The van der Waals surface area contributed by atoms with Gasteiger partial charge in [0.25, 0.3) is 0 Å². The number of nitrogens with zero attached hydrogens (tertiary/aromatic N) is 3. The monoisotopic (exact) mass is 274 g/mol. The lowest BCUT2D eigenvalue weighted by Crippen LogP contribution is -1.99. The Morgan fingerprint density at radius 1 is 1.00 bits per heavy atom. The van der Waals surface area contributed by atoms with Gasteiger partial charge >= 0.3 is 0 Å². The van der Waals surface area contributed by atoms with Crippen LogP contribution < -0.4 is 5.32 Å². The van der Waals surface area contributed by atoms with Crippen LogP contribution in [0.15, 0.2) is 67.3 Å². The molecule has 0 saturated heterocycles. The summed E-state index contributed by atoms with van der Waals surface area (Å²) in [7, 11) is 0. The second kappa shape index (κ2) is 4.90. The van der Waals surface area contributed by atoms with Crippen LogP contribution in [0.5, 0.6) is 0 Å². The van der Waals surface area contributed by atoms with Gasteiger partial charge in [0.15, 0.2) is 0 Å². The molecule has 3 heterocycles. The highest BCUT2D eigenvalue weighted by molar-refractivity contribution is 5.93. The molecule has 0 aliphatic carbocycles. The van der Waals surface area contributed by atoms with Crippen molar-refractivity contribution in [3.63, 3.8) is 0 Å². The topological polar surface area (TPSA) is 42.2 Å². The van der Waals surface area contributed by atoms with Crippen molar-refractivity contribution in [2.24, 2.45) is 0 Å². The highest BCUT2D eigenvalue weighted by Crippen LogP contribution is 2.23. The van der Waals surface area contributed by atoms with E-state index in [0.717, 1.165) is 23.1 Å². The van der Waals surface area contributed by atoms with E-state index in [4.69, 9.17) is 0 Å². The third-order valence-electron chi connectivity index (χ3n) is 3.66. The maximum absolute atomic E-state index is 4.36. The summed E-state index contributed by atoms with van der Waals surface area (Å²) in [4.78, 5) is 4.21. The summed E-state index contributed by atoms with van der Waals surface area (Å²) >= 11 is 0. The van der Waals surface area contributed by atoms with E-state index in [1.807, 2.05) is 47.5 Å². The Hall–Kier alpha value is -2.88. The zero-order valence-corrected chi connectivity index (χ0v) is 11.4. The van der Waals surface area contributed by atoms with E-state index in [1.54, 1.807) is 0 Å². The Morgan fingerprint density at radius 2 is 2.00 bits per heavy atom.